The second-order valence-corrected chi connectivity index (χ2v) is 3.39. The molecule has 4 N–H and O–H groups in total. The summed E-state index contributed by atoms with van der Waals surface area (Å²) in [6.07, 6.45) is 0. The third-order valence-corrected chi connectivity index (χ3v) is 2.22. The number of benzene rings is 1. The molecule has 0 radical (unpaired) electrons. The first-order valence-corrected chi connectivity index (χ1v) is 4.93. The Morgan fingerprint density at radius 1 is 1.31 bits per heavy atom. The number of rotatable bonds is 4. The SMILES string of the molecule is CNc1ccccc1C(=O)NC(C)C(N)=O. The Kier molecular flexibility index (Phi) is 3.88. The highest BCUT2D eigenvalue weighted by Crippen LogP contribution is 2.13. The maximum absolute atomic E-state index is 11.8. The maximum Gasteiger partial charge on any atom is 0.254 e. The highest BCUT2D eigenvalue weighted by atomic mass is 16.2. The summed E-state index contributed by atoms with van der Waals surface area (Å²) in [5.74, 6) is -0.883. The Hall–Kier alpha value is -2.04. The van der Waals surface area contributed by atoms with Gasteiger partial charge in [-0.05, 0) is 19.1 Å². The molecule has 1 rings (SSSR count). The molecular formula is C11H15N3O2. The quantitative estimate of drug-likeness (QED) is 0.685. The molecule has 0 bridgehead atoms. The van der Waals surface area contributed by atoms with E-state index in [1.807, 2.05) is 6.07 Å². The summed E-state index contributed by atoms with van der Waals surface area (Å²) in [6, 6.07) is 6.35. The topological polar surface area (TPSA) is 84.2 Å². The number of carbonyl (C=O) groups excluding carboxylic acids is 2. The van der Waals surface area contributed by atoms with E-state index in [1.54, 1.807) is 32.2 Å². The van der Waals surface area contributed by atoms with Crippen molar-refractivity contribution in [1.82, 2.24) is 5.32 Å². The number of nitrogens with one attached hydrogen (secondary N) is 2. The van der Waals surface area contributed by atoms with Gasteiger partial charge in [0.1, 0.15) is 6.04 Å². The number of primary amides is 1. The zero-order valence-corrected chi connectivity index (χ0v) is 9.28. The molecule has 5 nitrogen and oxygen atoms in total. The number of nitrogens with two attached hydrogens (primary N) is 1. The molecule has 2 amide bonds. The average Bonchev–Trinajstić information content (AvgIpc) is 2.28. The summed E-state index contributed by atoms with van der Waals surface area (Å²) in [6.45, 7) is 1.54. The van der Waals surface area contributed by atoms with Gasteiger partial charge in [-0.1, -0.05) is 12.1 Å². The first-order valence-electron chi connectivity index (χ1n) is 4.93. The van der Waals surface area contributed by atoms with Crippen LogP contribution in [0.25, 0.3) is 0 Å². The molecule has 1 aromatic rings. The Labute approximate surface area is 94.0 Å². The minimum Gasteiger partial charge on any atom is -0.387 e. The second-order valence-electron chi connectivity index (χ2n) is 3.39. The fourth-order valence-electron chi connectivity index (χ4n) is 1.24. The monoisotopic (exact) mass is 221 g/mol. The molecule has 0 aliphatic rings. The molecule has 0 aliphatic heterocycles. The Balaban J connectivity index is 2.84. The van der Waals surface area contributed by atoms with Crippen molar-refractivity contribution in [2.75, 3.05) is 12.4 Å². The van der Waals surface area contributed by atoms with E-state index in [0.717, 1.165) is 0 Å². The van der Waals surface area contributed by atoms with Gasteiger partial charge in [-0.3, -0.25) is 9.59 Å². The summed E-state index contributed by atoms with van der Waals surface area (Å²) in [5.41, 5.74) is 6.25. The van der Waals surface area contributed by atoms with E-state index in [0.29, 0.717) is 11.3 Å². The van der Waals surface area contributed by atoms with E-state index in [1.165, 1.54) is 0 Å². The number of hydrogen-bond donors (Lipinski definition) is 3. The van der Waals surface area contributed by atoms with Crippen LogP contribution in [0.1, 0.15) is 17.3 Å². The van der Waals surface area contributed by atoms with E-state index < -0.39 is 11.9 Å². The molecule has 1 unspecified atom stereocenters. The number of amides is 2. The van der Waals surface area contributed by atoms with Crippen molar-refractivity contribution in [3.8, 4) is 0 Å². The Morgan fingerprint density at radius 2 is 1.94 bits per heavy atom. The maximum atomic E-state index is 11.8. The second kappa shape index (κ2) is 5.16. The van der Waals surface area contributed by atoms with Crippen molar-refractivity contribution < 1.29 is 9.59 Å². The molecule has 0 aliphatic carbocycles. The van der Waals surface area contributed by atoms with Crippen molar-refractivity contribution >= 4 is 17.5 Å². The number of hydrogen-bond acceptors (Lipinski definition) is 3. The van der Waals surface area contributed by atoms with Crippen LogP contribution in [0.2, 0.25) is 0 Å². The van der Waals surface area contributed by atoms with Crippen molar-refractivity contribution in [2.45, 2.75) is 13.0 Å². The smallest absolute Gasteiger partial charge is 0.254 e. The molecule has 1 aromatic carbocycles. The lowest BCUT2D eigenvalue weighted by Gasteiger charge is -2.12. The van der Waals surface area contributed by atoms with Gasteiger partial charge in [0.05, 0.1) is 5.56 Å². The molecule has 0 saturated heterocycles. The van der Waals surface area contributed by atoms with Crippen LogP contribution in [0.5, 0.6) is 0 Å². The van der Waals surface area contributed by atoms with Crippen LogP contribution in [0.3, 0.4) is 0 Å². The summed E-state index contributed by atoms with van der Waals surface area (Å²) in [4.78, 5) is 22.6. The highest BCUT2D eigenvalue weighted by molar-refractivity contribution is 6.01. The Bertz CT molecular complexity index is 404. The fraction of sp³-hybridized carbons (Fsp3) is 0.273. The van der Waals surface area contributed by atoms with E-state index in [2.05, 4.69) is 10.6 Å². The minimum absolute atomic E-state index is 0.323. The molecule has 0 aromatic heterocycles. The van der Waals surface area contributed by atoms with Gasteiger partial charge >= 0.3 is 0 Å². The van der Waals surface area contributed by atoms with Crippen LogP contribution in [0, 0.1) is 0 Å². The van der Waals surface area contributed by atoms with Crippen LogP contribution < -0.4 is 16.4 Å². The number of anilines is 1. The summed E-state index contributed by atoms with van der Waals surface area (Å²) in [5, 5.41) is 5.42. The van der Waals surface area contributed by atoms with Crippen molar-refractivity contribution in [2.24, 2.45) is 5.73 Å². The van der Waals surface area contributed by atoms with Gasteiger partial charge in [0.25, 0.3) is 5.91 Å². The number of carbonyl (C=O) groups is 2. The summed E-state index contributed by atoms with van der Waals surface area (Å²) >= 11 is 0. The standard InChI is InChI=1S/C11H15N3O2/c1-7(10(12)15)14-11(16)8-5-3-4-6-9(8)13-2/h3-7,13H,1-2H3,(H2,12,15)(H,14,16). The molecular weight excluding hydrogens is 206 g/mol. The molecule has 0 heterocycles. The van der Waals surface area contributed by atoms with Gasteiger partial charge in [0.2, 0.25) is 5.91 Å². The lowest BCUT2D eigenvalue weighted by atomic mass is 10.1. The average molecular weight is 221 g/mol. The van der Waals surface area contributed by atoms with E-state index in [4.69, 9.17) is 5.73 Å². The van der Waals surface area contributed by atoms with Crippen molar-refractivity contribution in [3.63, 3.8) is 0 Å². The van der Waals surface area contributed by atoms with Crippen molar-refractivity contribution in [3.05, 3.63) is 29.8 Å². The molecule has 16 heavy (non-hydrogen) atoms. The van der Waals surface area contributed by atoms with Gasteiger partial charge in [-0.15, -0.1) is 0 Å². The molecule has 0 spiro atoms. The molecule has 5 heteroatoms. The normalized spacial score (nSPS) is 11.6. The van der Waals surface area contributed by atoms with Gasteiger partial charge in [0.15, 0.2) is 0 Å². The third kappa shape index (κ3) is 2.73. The molecule has 0 saturated carbocycles. The van der Waals surface area contributed by atoms with E-state index >= 15 is 0 Å². The summed E-state index contributed by atoms with van der Waals surface area (Å²) in [7, 11) is 1.73. The first-order chi connectivity index (χ1) is 7.56. The largest absolute Gasteiger partial charge is 0.387 e. The van der Waals surface area contributed by atoms with Gasteiger partial charge in [-0.2, -0.15) is 0 Å². The minimum atomic E-state index is -0.683. The van der Waals surface area contributed by atoms with Crippen LogP contribution in [0.15, 0.2) is 24.3 Å². The Morgan fingerprint density at radius 3 is 2.50 bits per heavy atom. The van der Waals surface area contributed by atoms with Crippen LogP contribution in [0.4, 0.5) is 5.69 Å². The van der Waals surface area contributed by atoms with E-state index in [-0.39, 0.29) is 5.91 Å². The van der Waals surface area contributed by atoms with Gasteiger partial charge in [-0.25, -0.2) is 0 Å². The zero-order valence-electron chi connectivity index (χ0n) is 9.28. The first kappa shape index (κ1) is 12.0. The molecule has 86 valence electrons. The van der Waals surface area contributed by atoms with Crippen LogP contribution in [-0.4, -0.2) is 24.9 Å². The predicted octanol–water partition coefficient (Wildman–Crippen LogP) is 0.332. The summed E-state index contributed by atoms with van der Waals surface area (Å²) < 4.78 is 0. The fourth-order valence-corrected chi connectivity index (χ4v) is 1.24. The lowest BCUT2D eigenvalue weighted by molar-refractivity contribution is -0.119. The van der Waals surface area contributed by atoms with Crippen molar-refractivity contribution in [1.29, 1.82) is 0 Å². The van der Waals surface area contributed by atoms with Crippen LogP contribution in [-0.2, 0) is 4.79 Å². The van der Waals surface area contributed by atoms with Gasteiger partial charge in [0, 0.05) is 12.7 Å². The van der Waals surface area contributed by atoms with Gasteiger partial charge < -0.3 is 16.4 Å². The lowest BCUT2D eigenvalue weighted by Crippen LogP contribution is -2.42. The number of para-hydroxylation sites is 1. The third-order valence-electron chi connectivity index (χ3n) is 2.22. The zero-order chi connectivity index (χ0) is 12.1. The molecule has 1 atom stereocenters. The van der Waals surface area contributed by atoms with Crippen LogP contribution >= 0.6 is 0 Å². The van der Waals surface area contributed by atoms with E-state index in [9.17, 15) is 9.59 Å². The predicted molar refractivity (Wildman–Crippen MR) is 62.1 cm³/mol. The molecule has 0 fully saturated rings. The highest BCUT2D eigenvalue weighted by Gasteiger charge is 2.15.